The average molecular weight is 360 g/mol. The summed E-state index contributed by atoms with van der Waals surface area (Å²) in [7, 11) is 0. The Bertz CT molecular complexity index is 777. The molecule has 0 N–H and O–H groups in total. The molecule has 3 rings (SSSR count). The van der Waals surface area contributed by atoms with E-state index >= 15 is 0 Å². The van der Waals surface area contributed by atoms with Gasteiger partial charge in [0.1, 0.15) is 0 Å². The number of nitro benzene ring substituents is 1. The largest absolute Gasteiger partial charge is 0.368 e. The number of hydrogen-bond donors (Lipinski definition) is 0. The Morgan fingerprint density at radius 3 is 2.32 bits per heavy atom. The molecule has 0 saturated carbocycles. The van der Waals surface area contributed by atoms with E-state index in [4.69, 9.17) is 11.6 Å². The van der Waals surface area contributed by atoms with Gasteiger partial charge in [0.15, 0.2) is 0 Å². The van der Waals surface area contributed by atoms with Crippen molar-refractivity contribution in [1.29, 1.82) is 0 Å². The fourth-order valence-electron chi connectivity index (χ4n) is 3.04. The first-order valence-electron chi connectivity index (χ1n) is 8.01. The lowest BCUT2D eigenvalue weighted by atomic mass is 10.1. The van der Waals surface area contributed by atoms with Crippen molar-refractivity contribution in [2.75, 3.05) is 24.5 Å². The standard InChI is InChI=1S/C18H18ClN3O3/c1-13-12-20(16-6-8-17(9-7-16)22(24)25)10-11-21(13)18(23)14-2-4-15(19)5-3-14/h2-9,13H,10-12H2,1H3/t13-/m0/s1. The second kappa shape index (κ2) is 7.11. The summed E-state index contributed by atoms with van der Waals surface area (Å²) >= 11 is 5.87. The van der Waals surface area contributed by atoms with Crippen LogP contribution in [0.5, 0.6) is 0 Å². The minimum atomic E-state index is -0.408. The second-order valence-corrected chi connectivity index (χ2v) is 6.51. The molecular formula is C18H18ClN3O3. The van der Waals surface area contributed by atoms with E-state index < -0.39 is 4.92 Å². The molecule has 2 aromatic rings. The van der Waals surface area contributed by atoms with Gasteiger partial charge in [0.25, 0.3) is 11.6 Å². The number of anilines is 1. The van der Waals surface area contributed by atoms with Crippen LogP contribution in [0.25, 0.3) is 0 Å². The van der Waals surface area contributed by atoms with Gasteiger partial charge in [0, 0.05) is 54.1 Å². The van der Waals surface area contributed by atoms with Gasteiger partial charge in [0.2, 0.25) is 0 Å². The molecule has 130 valence electrons. The highest BCUT2D eigenvalue weighted by Gasteiger charge is 2.28. The molecule has 1 fully saturated rings. The Morgan fingerprint density at radius 1 is 1.12 bits per heavy atom. The fraction of sp³-hybridized carbons (Fsp3) is 0.278. The van der Waals surface area contributed by atoms with E-state index in [1.807, 2.05) is 11.8 Å². The summed E-state index contributed by atoms with van der Waals surface area (Å²) in [6.45, 7) is 3.96. The summed E-state index contributed by atoms with van der Waals surface area (Å²) in [5.41, 5.74) is 1.63. The van der Waals surface area contributed by atoms with Crippen molar-refractivity contribution in [2.24, 2.45) is 0 Å². The Labute approximate surface area is 150 Å². The molecule has 2 aromatic carbocycles. The summed E-state index contributed by atoms with van der Waals surface area (Å²) in [6.07, 6.45) is 0. The first-order chi connectivity index (χ1) is 12.0. The molecule has 0 radical (unpaired) electrons. The zero-order chi connectivity index (χ0) is 18.0. The van der Waals surface area contributed by atoms with Gasteiger partial charge in [-0.15, -0.1) is 0 Å². The minimum absolute atomic E-state index is 0.00693. The molecular weight excluding hydrogens is 342 g/mol. The molecule has 1 heterocycles. The number of piperazine rings is 1. The van der Waals surface area contributed by atoms with Gasteiger partial charge in [-0.2, -0.15) is 0 Å². The molecule has 1 amide bonds. The molecule has 0 aliphatic carbocycles. The van der Waals surface area contributed by atoms with Crippen LogP contribution in [0.4, 0.5) is 11.4 Å². The third-order valence-corrected chi connectivity index (χ3v) is 4.66. The fourth-order valence-corrected chi connectivity index (χ4v) is 3.16. The smallest absolute Gasteiger partial charge is 0.269 e. The molecule has 0 aromatic heterocycles. The molecule has 1 saturated heterocycles. The van der Waals surface area contributed by atoms with Gasteiger partial charge in [0.05, 0.1) is 4.92 Å². The van der Waals surface area contributed by atoms with Crippen LogP contribution < -0.4 is 4.90 Å². The van der Waals surface area contributed by atoms with Crippen LogP contribution in [0.2, 0.25) is 5.02 Å². The molecule has 0 unspecified atom stereocenters. The van der Waals surface area contributed by atoms with Crippen molar-refractivity contribution in [3.05, 3.63) is 69.2 Å². The first kappa shape index (κ1) is 17.2. The van der Waals surface area contributed by atoms with Crippen molar-refractivity contribution < 1.29 is 9.72 Å². The number of halogens is 1. The molecule has 7 heteroatoms. The number of carbonyl (C=O) groups is 1. The Morgan fingerprint density at radius 2 is 1.76 bits per heavy atom. The monoisotopic (exact) mass is 359 g/mol. The highest BCUT2D eigenvalue weighted by molar-refractivity contribution is 6.30. The average Bonchev–Trinajstić information content (AvgIpc) is 2.62. The zero-order valence-electron chi connectivity index (χ0n) is 13.8. The van der Waals surface area contributed by atoms with Crippen molar-refractivity contribution in [2.45, 2.75) is 13.0 Å². The van der Waals surface area contributed by atoms with Crippen LogP contribution >= 0.6 is 11.6 Å². The molecule has 0 spiro atoms. The molecule has 1 aliphatic heterocycles. The van der Waals surface area contributed by atoms with Gasteiger partial charge >= 0.3 is 0 Å². The highest BCUT2D eigenvalue weighted by atomic mass is 35.5. The normalized spacial score (nSPS) is 17.4. The van der Waals surface area contributed by atoms with Crippen LogP contribution in [0.3, 0.4) is 0 Å². The SMILES string of the molecule is C[C@H]1CN(c2ccc([N+](=O)[O-])cc2)CCN1C(=O)c1ccc(Cl)cc1. The Balaban J connectivity index is 1.68. The molecule has 25 heavy (non-hydrogen) atoms. The van der Waals surface area contributed by atoms with Gasteiger partial charge in [-0.3, -0.25) is 14.9 Å². The predicted octanol–water partition coefficient (Wildman–Crippen LogP) is 3.60. The summed E-state index contributed by atoms with van der Waals surface area (Å²) < 4.78 is 0. The number of rotatable bonds is 3. The van der Waals surface area contributed by atoms with E-state index in [9.17, 15) is 14.9 Å². The number of nitrogens with zero attached hydrogens (tertiary/aromatic N) is 3. The predicted molar refractivity (Wildman–Crippen MR) is 97.3 cm³/mol. The first-order valence-corrected chi connectivity index (χ1v) is 8.39. The summed E-state index contributed by atoms with van der Waals surface area (Å²) in [6, 6.07) is 13.4. The lowest BCUT2D eigenvalue weighted by Crippen LogP contribution is -2.54. The van der Waals surface area contributed by atoms with Gasteiger partial charge in [-0.25, -0.2) is 0 Å². The van der Waals surface area contributed by atoms with Crippen molar-refractivity contribution in [1.82, 2.24) is 4.90 Å². The zero-order valence-corrected chi connectivity index (χ0v) is 14.5. The van der Waals surface area contributed by atoms with E-state index in [-0.39, 0.29) is 17.6 Å². The molecule has 1 atom stereocenters. The van der Waals surface area contributed by atoms with Gasteiger partial charge in [-0.05, 0) is 43.3 Å². The lowest BCUT2D eigenvalue weighted by molar-refractivity contribution is -0.384. The second-order valence-electron chi connectivity index (χ2n) is 6.07. The summed E-state index contributed by atoms with van der Waals surface area (Å²) in [5.74, 6) is -0.00693. The van der Waals surface area contributed by atoms with Crippen molar-refractivity contribution >= 4 is 28.9 Å². The Kier molecular flexibility index (Phi) is 4.90. The molecule has 1 aliphatic rings. The third kappa shape index (κ3) is 3.74. The third-order valence-electron chi connectivity index (χ3n) is 4.41. The van der Waals surface area contributed by atoms with Crippen molar-refractivity contribution in [3.8, 4) is 0 Å². The number of carbonyl (C=O) groups excluding carboxylic acids is 1. The van der Waals surface area contributed by atoms with Crippen LogP contribution in [0, 0.1) is 10.1 Å². The maximum atomic E-state index is 12.7. The molecule has 0 bridgehead atoms. The van der Waals surface area contributed by atoms with E-state index in [1.165, 1.54) is 12.1 Å². The van der Waals surface area contributed by atoms with E-state index in [1.54, 1.807) is 36.4 Å². The van der Waals surface area contributed by atoms with E-state index in [0.717, 1.165) is 5.69 Å². The maximum Gasteiger partial charge on any atom is 0.269 e. The number of non-ortho nitro benzene ring substituents is 1. The van der Waals surface area contributed by atoms with Gasteiger partial charge < -0.3 is 9.80 Å². The summed E-state index contributed by atoms with van der Waals surface area (Å²) in [4.78, 5) is 27.0. The lowest BCUT2D eigenvalue weighted by Gasteiger charge is -2.41. The van der Waals surface area contributed by atoms with Crippen molar-refractivity contribution in [3.63, 3.8) is 0 Å². The topological polar surface area (TPSA) is 66.7 Å². The minimum Gasteiger partial charge on any atom is -0.368 e. The Hall–Kier alpha value is -2.60. The number of benzene rings is 2. The van der Waals surface area contributed by atoms with Crippen LogP contribution in [0.15, 0.2) is 48.5 Å². The van der Waals surface area contributed by atoms with Gasteiger partial charge in [-0.1, -0.05) is 11.6 Å². The molecule has 6 nitrogen and oxygen atoms in total. The van der Waals surface area contributed by atoms with Crippen LogP contribution in [0.1, 0.15) is 17.3 Å². The maximum absolute atomic E-state index is 12.7. The number of amides is 1. The summed E-state index contributed by atoms with van der Waals surface area (Å²) in [5, 5.41) is 11.4. The highest BCUT2D eigenvalue weighted by Crippen LogP contribution is 2.23. The van der Waals surface area contributed by atoms with Crippen LogP contribution in [-0.4, -0.2) is 41.4 Å². The van der Waals surface area contributed by atoms with Crippen LogP contribution in [-0.2, 0) is 0 Å². The van der Waals surface area contributed by atoms with E-state index in [2.05, 4.69) is 4.90 Å². The van der Waals surface area contributed by atoms with E-state index in [0.29, 0.717) is 30.2 Å². The number of nitro groups is 1. The quantitative estimate of drug-likeness (QED) is 0.620. The number of hydrogen-bond acceptors (Lipinski definition) is 4.